The van der Waals surface area contributed by atoms with Gasteiger partial charge >= 0.3 is 28.5 Å². The van der Waals surface area contributed by atoms with Crippen LogP contribution in [0.15, 0.2) is 97.1 Å². The van der Waals surface area contributed by atoms with Crippen LogP contribution in [0.25, 0.3) is 0 Å². The van der Waals surface area contributed by atoms with Crippen LogP contribution >= 0.6 is 0 Å². The Bertz CT molecular complexity index is 1110. The lowest BCUT2D eigenvalue weighted by atomic mass is 9.79. The van der Waals surface area contributed by atoms with Crippen LogP contribution in [0.4, 0.5) is 22.7 Å². The lowest BCUT2D eigenvalue weighted by Crippen LogP contribution is -2.37. The highest BCUT2D eigenvalue weighted by molar-refractivity contribution is 6.59. The molecule has 9 nitrogen and oxygen atoms in total. The molecule has 0 aliphatic heterocycles. The summed E-state index contributed by atoms with van der Waals surface area (Å²) < 4.78 is -0.104. The van der Waals surface area contributed by atoms with E-state index in [9.17, 15) is 40.2 Å². The third-order valence-electron chi connectivity index (χ3n) is 6.31. The SMILES string of the molecule is OB(O)c1ccc([N+](c2ccc(B(O)O)cc2)(c2ccc(B(O)O)cc2)c2ccc(B(O)O)cc2)cc1. The second-order valence-corrected chi connectivity index (χ2v) is 8.53. The Balaban J connectivity index is 2.05. The van der Waals surface area contributed by atoms with Gasteiger partial charge in [0.05, 0.1) is 0 Å². The predicted molar refractivity (Wildman–Crippen MR) is 146 cm³/mol. The summed E-state index contributed by atoms with van der Waals surface area (Å²) >= 11 is 0. The van der Waals surface area contributed by atoms with Crippen molar-refractivity contribution in [3.05, 3.63) is 97.1 Å². The van der Waals surface area contributed by atoms with Crippen molar-refractivity contribution in [3.8, 4) is 0 Å². The Hall–Kier alpha value is -3.22. The van der Waals surface area contributed by atoms with Crippen LogP contribution in [0, 0.1) is 0 Å². The number of benzene rings is 4. The molecule has 13 heteroatoms. The number of quaternary nitrogens is 1. The Morgan fingerprint density at radius 2 is 0.459 bits per heavy atom. The number of nitrogens with zero attached hydrogens (tertiary/aromatic N) is 1. The van der Waals surface area contributed by atoms with Crippen LogP contribution in [0.5, 0.6) is 0 Å². The first-order valence-electron chi connectivity index (χ1n) is 11.4. The fraction of sp³-hybridized carbons (Fsp3) is 0. The molecule has 0 unspecified atom stereocenters. The lowest BCUT2D eigenvalue weighted by molar-refractivity contribution is 0.424. The monoisotopic (exact) mass is 498 g/mol. The second-order valence-electron chi connectivity index (χ2n) is 8.53. The van der Waals surface area contributed by atoms with Gasteiger partial charge in [0.25, 0.3) is 0 Å². The van der Waals surface area contributed by atoms with Gasteiger partial charge in [-0.1, -0.05) is 48.5 Å². The van der Waals surface area contributed by atoms with E-state index in [-0.39, 0.29) is 26.3 Å². The molecular formula is C24H24B4NO8+. The third-order valence-corrected chi connectivity index (χ3v) is 6.31. The largest absolute Gasteiger partial charge is 0.488 e. The standard InChI is InChI=1S/C24H24B4NO8/c30-25(31)17-1-9-21(10-2-17)29(22-11-3-18(4-12-22)26(32)33,23-13-5-19(6-14-23)27(34)35)24-15-7-20(8-16-24)28(36)37/h1-16,30-37H/q+1. The molecular weight excluding hydrogens is 474 g/mol. The molecule has 0 fully saturated rings. The van der Waals surface area contributed by atoms with E-state index in [2.05, 4.69) is 0 Å². The van der Waals surface area contributed by atoms with E-state index < -0.39 is 28.5 Å². The molecule has 4 aromatic carbocycles. The predicted octanol–water partition coefficient (Wildman–Crippen LogP) is -2.29. The maximum absolute atomic E-state index is 9.62. The molecule has 37 heavy (non-hydrogen) atoms. The van der Waals surface area contributed by atoms with Gasteiger partial charge in [-0.2, -0.15) is 4.48 Å². The maximum Gasteiger partial charge on any atom is 0.488 e. The summed E-state index contributed by atoms with van der Waals surface area (Å²) in [6, 6.07) is 26.3. The first-order valence-corrected chi connectivity index (χ1v) is 11.4. The summed E-state index contributed by atoms with van der Waals surface area (Å²) in [7, 11) is -6.68. The topological polar surface area (TPSA) is 162 Å². The Labute approximate surface area is 214 Å². The molecule has 0 aliphatic carbocycles. The van der Waals surface area contributed by atoms with Gasteiger partial charge in [-0.15, -0.1) is 0 Å². The zero-order chi connectivity index (χ0) is 26.7. The minimum Gasteiger partial charge on any atom is -0.423 e. The zero-order valence-corrected chi connectivity index (χ0v) is 19.6. The van der Waals surface area contributed by atoms with E-state index in [1.165, 1.54) is 0 Å². The van der Waals surface area contributed by atoms with Crippen molar-refractivity contribution in [2.75, 3.05) is 0 Å². The maximum atomic E-state index is 9.62. The molecule has 0 heterocycles. The minimum absolute atomic E-state index is 0.104. The first-order chi connectivity index (χ1) is 17.6. The van der Waals surface area contributed by atoms with Crippen LogP contribution in [0.3, 0.4) is 0 Å². The molecule has 0 radical (unpaired) electrons. The van der Waals surface area contributed by atoms with Gasteiger partial charge in [0.2, 0.25) is 0 Å². The highest BCUT2D eigenvalue weighted by Crippen LogP contribution is 2.50. The summed E-state index contributed by atoms with van der Waals surface area (Å²) in [5.74, 6) is 0. The Morgan fingerprint density at radius 1 is 0.297 bits per heavy atom. The molecule has 184 valence electrons. The molecule has 0 bridgehead atoms. The average molecular weight is 498 g/mol. The minimum atomic E-state index is -1.67. The Morgan fingerprint density at radius 3 is 0.595 bits per heavy atom. The number of rotatable bonds is 8. The van der Waals surface area contributed by atoms with Crippen LogP contribution in [-0.2, 0) is 0 Å². The van der Waals surface area contributed by atoms with Crippen LogP contribution < -0.4 is 26.3 Å². The van der Waals surface area contributed by atoms with Gasteiger partial charge < -0.3 is 40.2 Å². The number of hydrogen-bond acceptors (Lipinski definition) is 8. The highest BCUT2D eigenvalue weighted by Gasteiger charge is 2.40. The van der Waals surface area contributed by atoms with Crippen molar-refractivity contribution in [1.29, 1.82) is 0 Å². The van der Waals surface area contributed by atoms with Crippen molar-refractivity contribution < 1.29 is 40.2 Å². The summed E-state index contributed by atoms with van der Waals surface area (Å²) in [6.45, 7) is 0. The van der Waals surface area contributed by atoms with Gasteiger partial charge in [0, 0.05) is 48.5 Å². The van der Waals surface area contributed by atoms with E-state index in [1.807, 2.05) is 0 Å². The third kappa shape index (κ3) is 5.27. The summed E-state index contributed by atoms with van der Waals surface area (Å²) in [6.07, 6.45) is 0. The van der Waals surface area contributed by atoms with Crippen molar-refractivity contribution in [2.24, 2.45) is 0 Å². The highest BCUT2D eigenvalue weighted by atomic mass is 16.4. The molecule has 8 N–H and O–H groups in total. The first kappa shape index (κ1) is 26.8. The van der Waals surface area contributed by atoms with Crippen molar-refractivity contribution >= 4 is 73.1 Å². The van der Waals surface area contributed by atoms with Crippen molar-refractivity contribution in [3.63, 3.8) is 0 Å². The fourth-order valence-electron chi connectivity index (χ4n) is 4.37. The smallest absolute Gasteiger partial charge is 0.423 e. The van der Waals surface area contributed by atoms with Crippen LogP contribution in [0.1, 0.15) is 0 Å². The van der Waals surface area contributed by atoms with E-state index in [0.29, 0.717) is 22.7 Å². The van der Waals surface area contributed by atoms with Crippen LogP contribution in [0.2, 0.25) is 0 Å². The van der Waals surface area contributed by atoms with Crippen molar-refractivity contribution in [1.82, 2.24) is 4.48 Å². The van der Waals surface area contributed by atoms with Crippen LogP contribution in [-0.4, -0.2) is 68.7 Å². The molecule has 0 amide bonds. The van der Waals surface area contributed by atoms with Gasteiger partial charge in [-0.25, -0.2) is 0 Å². The van der Waals surface area contributed by atoms with Gasteiger partial charge in [0.1, 0.15) is 22.7 Å². The van der Waals surface area contributed by atoms with Gasteiger partial charge in [-0.05, 0) is 21.9 Å². The second kappa shape index (κ2) is 11.0. The lowest BCUT2D eigenvalue weighted by Gasteiger charge is -2.37. The van der Waals surface area contributed by atoms with Gasteiger partial charge in [-0.3, -0.25) is 0 Å². The van der Waals surface area contributed by atoms with Gasteiger partial charge in [0.15, 0.2) is 0 Å². The van der Waals surface area contributed by atoms with E-state index in [4.69, 9.17) is 0 Å². The molecule has 0 atom stereocenters. The molecule has 4 rings (SSSR count). The average Bonchev–Trinajstić information content (AvgIpc) is 2.90. The van der Waals surface area contributed by atoms with E-state index >= 15 is 0 Å². The Kier molecular flexibility index (Phi) is 8.00. The quantitative estimate of drug-likeness (QED) is 0.0996. The van der Waals surface area contributed by atoms with E-state index in [0.717, 1.165) is 0 Å². The molecule has 0 saturated carbocycles. The fourth-order valence-corrected chi connectivity index (χ4v) is 4.37. The summed E-state index contributed by atoms with van der Waals surface area (Å²) in [4.78, 5) is 0. The van der Waals surface area contributed by atoms with E-state index in [1.54, 1.807) is 97.1 Å². The summed E-state index contributed by atoms with van der Waals surface area (Å²) in [5.41, 5.74) is 3.70. The zero-order valence-electron chi connectivity index (χ0n) is 19.6. The number of hydrogen-bond donors (Lipinski definition) is 8. The normalized spacial score (nSPS) is 11.2. The molecule has 4 aromatic rings. The summed E-state index contributed by atoms with van der Waals surface area (Å²) in [5, 5.41) is 77.0. The molecule has 0 saturated heterocycles. The molecule has 0 spiro atoms. The molecule has 0 aliphatic rings. The molecule has 0 aromatic heterocycles. The van der Waals surface area contributed by atoms with Crippen molar-refractivity contribution in [2.45, 2.75) is 0 Å².